The number of urea groups is 1. The summed E-state index contributed by atoms with van der Waals surface area (Å²) in [5, 5.41) is 5.40. The summed E-state index contributed by atoms with van der Waals surface area (Å²) < 4.78 is 0. The molecule has 0 atom stereocenters. The van der Waals surface area contributed by atoms with Crippen LogP contribution in [0.4, 0.5) is 9.59 Å². The third-order valence-corrected chi connectivity index (χ3v) is 4.05. The van der Waals surface area contributed by atoms with Crippen molar-refractivity contribution in [3.8, 4) is 0 Å². The van der Waals surface area contributed by atoms with Crippen molar-refractivity contribution >= 4 is 46.6 Å². The number of imide groups is 1. The van der Waals surface area contributed by atoms with Crippen LogP contribution >= 0.6 is 23.4 Å². The second-order valence-electron chi connectivity index (χ2n) is 4.36. The molecule has 2 N–H and O–H groups in total. The van der Waals surface area contributed by atoms with Gasteiger partial charge in [-0.2, -0.15) is 0 Å². The molecule has 4 amide bonds. The van der Waals surface area contributed by atoms with Gasteiger partial charge in [0.2, 0.25) is 5.91 Å². The van der Waals surface area contributed by atoms with Gasteiger partial charge in [0.05, 0.1) is 5.75 Å². The summed E-state index contributed by atoms with van der Waals surface area (Å²) in [6.45, 7) is 0.371. The third kappa shape index (κ3) is 4.51. The second-order valence-corrected chi connectivity index (χ2v) is 5.69. The normalized spacial score (nSPS) is 14.7. The van der Waals surface area contributed by atoms with Gasteiger partial charge in [-0.3, -0.25) is 14.5 Å². The van der Waals surface area contributed by atoms with E-state index in [2.05, 4.69) is 10.6 Å². The van der Waals surface area contributed by atoms with Crippen LogP contribution in [0.1, 0.15) is 5.56 Å². The lowest BCUT2D eigenvalue weighted by Gasteiger charge is -2.12. The quantitative estimate of drug-likeness (QED) is 0.862. The van der Waals surface area contributed by atoms with Gasteiger partial charge >= 0.3 is 6.03 Å². The molecule has 116 valence electrons. The number of carbonyl (C=O) groups is 3. The Balaban J connectivity index is 1.71. The predicted molar refractivity (Wildman–Crippen MR) is 86.6 cm³/mol. The number of hydrogen-bond donors (Lipinski definition) is 2. The maximum Gasteiger partial charge on any atom is 0.318 e. The number of amides is 4. The monoisotopic (exact) mass is 339 g/mol. The molecule has 0 spiro atoms. The zero-order valence-corrected chi connectivity index (χ0v) is 13.1. The molecule has 0 bridgehead atoms. The molecule has 1 aromatic carbocycles. The fourth-order valence-corrected chi connectivity index (χ4v) is 2.70. The van der Waals surface area contributed by atoms with Crippen molar-refractivity contribution in [3.05, 3.63) is 41.1 Å². The van der Waals surface area contributed by atoms with Gasteiger partial charge in [-0.25, -0.2) is 4.79 Å². The zero-order valence-electron chi connectivity index (χ0n) is 11.5. The number of carbonyl (C=O) groups excluding carboxylic acids is 3. The summed E-state index contributed by atoms with van der Waals surface area (Å²) in [6, 6.07) is 6.81. The Labute approximate surface area is 136 Å². The molecule has 8 heteroatoms. The van der Waals surface area contributed by atoms with Crippen molar-refractivity contribution in [2.24, 2.45) is 0 Å². The SMILES string of the molecule is O=C(N/C=C/c1ccccc1Cl)NCCN1C(=O)CSC1=O. The van der Waals surface area contributed by atoms with Crippen molar-refractivity contribution in [2.75, 3.05) is 18.8 Å². The first kappa shape index (κ1) is 16.4. The molecule has 0 aliphatic carbocycles. The first-order valence-electron chi connectivity index (χ1n) is 6.50. The van der Waals surface area contributed by atoms with Crippen LogP contribution in [-0.2, 0) is 4.79 Å². The average molecular weight is 340 g/mol. The standard InChI is InChI=1S/C14H14ClN3O3S/c15-11-4-2-1-3-10(11)5-6-16-13(20)17-7-8-18-12(19)9-22-14(18)21/h1-6H,7-9H2,(H2,16,17,20)/b6-5+. The van der Waals surface area contributed by atoms with Crippen molar-refractivity contribution in [1.29, 1.82) is 0 Å². The minimum Gasteiger partial charge on any atom is -0.336 e. The van der Waals surface area contributed by atoms with Gasteiger partial charge in [-0.05, 0) is 17.7 Å². The highest BCUT2D eigenvalue weighted by Gasteiger charge is 2.29. The lowest BCUT2D eigenvalue weighted by Crippen LogP contribution is -2.40. The Morgan fingerprint density at radius 3 is 2.82 bits per heavy atom. The number of halogens is 1. The topological polar surface area (TPSA) is 78.5 Å². The molecule has 6 nitrogen and oxygen atoms in total. The first-order chi connectivity index (χ1) is 10.6. The molecule has 1 aliphatic heterocycles. The molecule has 0 aromatic heterocycles. The molecule has 0 unspecified atom stereocenters. The fraction of sp³-hybridized carbons (Fsp3) is 0.214. The van der Waals surface area contributed by atoms with Crippen LogP contribution in [0.25, 0.3) is 6.08 Å². The number of rotatable bonds is 5. The van der Waals surface area contributed by atoms with Crippen LogP contribution in [-0.4, -0.2) is 40.9 Å². The number of nitrogens with one attached hydrogen (secondary N) is 2. The minimum atomic E-state index is -0.421. The molecule has 1 aliphatic rings. The van der Waals surface area contributed by atoms with E-state index in [9.17, 15) is 14.4 Å². The number of hydrogen-bond acceptors (Lipinski definition) is 4. The first-order valence-corrected chi connectivity index (χ1v) is 7.87. The fourth-order valence-electron chi connectivity index (χ4n) is 1.75. The van der Waals surface area contributed by atoms with E-state index >= 15 is 0 Å². The molecule has 0 radical (unpaired) electrons. The molecule has 0 saturated carbocycles. The number of nitrogens with zero attached hydrogens (tertiary/aromatic N) is 1. The molecular formula is C14H14ClN3O3S. The van der Waals surface area contributed by atoms with Crippen molar-refractivity contribution in [2.45, 2.75) is 0 Å². The van der Waals surface area contributed by atoms with Crippen LogP contribution in [0.2, 0.25) is 5.02 Å². The lowest BCUT2D eigenvalue weighted by molar-refractivity contribution is -0.124. The number of benzene rings is 1. The summed E-state index contributed by atoms with van der Waals surface area (Å²) in [4.78, 5) is 35.4. The van der Waals surface area contributed by atoms with Crippen LogP contribution < -0.4 is 10.6 Å². The Kier molecular flexibility index (Phi) is 5.85. The second kappa shape index (κ2) is 7.86. The zero-order chi connectivity index (χ0) is 15.9. The highest BCUT2D eigenvalue weighted by Crippen LogP contribution is 2.17. The maximum absolute atomic E-state index is 11.6. The molecule has 1 saturated heterocycles. The maximum atomic E-state index is 11.6. The summed E-state index contributed by atoms with van der Waals surface area (Å²) >= 11 is 6.94. The predicted octanol–water partition coefficient (Wildman–Crippen LogP) is 2.31. The Morgan fingerprint density at radius 2 is 2.14 bits per heavy atom. The van der Waals surface area contributed by atoms with E-state index in [0.29, 0.717) is 5.02 Å². The van der Waals surface area contributed by atoms with E-state index in [0.717, 1.165) is 22.2 Å². The van der Waals surface area contributed by atoms with Crippen molar-refractivity contribution < 1.29 is 14.4 Å². The Morgan fingerprint density at radius 1 is 1.36 bits per heavy atom. The van der Waals surface area contributed by atoms with Gasteiger partial charge in [-0.1, -0.05) is 41.6 Å². The Bertz CT molecular complexity index is 605. The minimum absolute atomic E-state index is 0.172. The van der Waals surface area contributed by atoms with Gasteiger partial charge in [0, 0.05) is 24.3 Å². The van der Waals surface area contributed by atoms with Gasteiger partial charge in [0.25, 0.3) is 5.24 Å². The van der Waals surface area contributed by atoms with Crippen molar-refractivity contribution in [1.82, 2.24) is 15.5 Å². The van der Waals surface area contributed by atoms with Crippen LogP contribution in [0.15, 0.2) is 30.5 Å². The largest absolute Gasteiger partial charge is 0.336 e. The lowest BCUT2D eigenvalue weighted by atomic mass is 10.2. The van der Waals surface area contributed by atoms with Gasteiger partial charge < -0.3 is 10.6 Å². The van der Waals surface area contributed by atoms with Crippen LogP contribution in [0, 0.1) is 0 Å². The van der Waals surface area contributed by atoms with E-state index < -0.39 is 6.03 Å². The molecule has 2 rings (SSSR count). The van der Waals surface area contributed by atoms with Gasteiger partial charge in [0.1, 0.15) is 0 Å². The van der Waals surface area contributed by atoms with Crippen molar-refractivity contribution in [3.63, 3.8) is 0 Å². The van der Waals surface area contributed by atoms with Gasteiger partial charge in [-0.15, -0.1) is 0 Å². The smallest absolute Gasteiger partial charge is 0.318 e. The number of thioether (sulfide) groups is 1. The van der Waals surface area contributed by atoms with E-state index in [1.807, 2.05) is 18.2 Å². The molecule has 22 heavy (non-hydrogen) atoms. The van der Waals surface area contributed by atoms with E-state index in [1.165, 1.54) is 6.20 Å². The summed E-state index contributed by atoms with van der Waals surface area (Å²) in [5.41, 5.74) is 0.787. The molecule has 1 fully saturated rings. The highest BCUT2D eigenvalue weighted by molar-refractivity contribution is 8.14. The van der Waals surface area contributed by atoms with E-state index in [4.69, 9.17) is 11.6 Å². The van der Waals surface area contributed by atoms with Crippen LogP contribution in [0.5, 0.6) is 0 Å². The average Bonchev–Trinajstić information content (AvgIpc) is 2.81. The van der Waals surface area contributed by atoms with Crippen LogP contribution in [0.3, 0.4) is 0 Å². The van der Waals surface area contributed by atoms with Gasteiger partial charge in [0.15, 0.2) is 0 Å². The molecule has 1 aromatic rings. The molecule has 1 heterocycles. The van der Waals surface area contributed by atoms with E-state index in [-0.39, 0.29) is 30.0 Å². The summed E-state index contributed by atoms with van der Waals surface area (Å²) in [5.74, 6) is -0.0539. The highest BCUT2D eigenvalue weighted by atomic mass is 35.5. The Hall–Kier alpha value is -1.99. The molecular weight excluding hydrogens is 326 g/mol. The van der Waals surface area contributed by atoms with E-state index in [1.54, 1.807) is 12.1 Å². The summed E-state index contributed by atoms with van der Waals surface area (Å²) in [6.07, 6.45) is 3.14. The third-order valence-electron chi connectivity index (χ3n) is 2.84. The summed E-state index contributed by atoms with van der Waals surface area (Å²) in [7, 11) is 0.